The van der Waals surface area contributed by atoms with E-state index in [2.05, 4.69) is 43.1 Å². The van der Waals surface area contributed by atoms with Crippen LogP contribution >= 0.6 is 0 Å². The Kier molecular flexibility index (Phi) is 4.38. The molecule has 5 heteroatoms. The second kappa shape index (κ2) is 6.48. The summed E-state index contributed by atoms with van der Waals surface area (Å²) in [4.78, 5) is 3.23. The standard InChI is InChI=1S/C22H24FNO2S/c1-13-4-6-15(7-5-13)21(18-8-14(18)2)20-11-24-22-16(12-27(3,25)26)9-17(23)10-19(20)22/h4-7,9-11,14,18,21,24H,8,12H2,1-3H3. The summed E-state index contributed by atoms with van der Waals surface area (Å²) in [5.41, 5.74) is 4.71. The Bertz CT molecular complexity index is 1100. The first kappa shape index (κ1) is 18.2. The Hall–Kier alpha value is -2.14. The highest BCUT2D eigenvalue weighted by atomic mass is 32.2. The van der Waals surface area contributed by atoms with E-state index in [1.807, 2.05) is 6.20 Å². The van der Waals surface area contributed by atoms with Crippen molar-refractivity contribution in [2.45, 2.75) is 31.9 Å². The highest BCUT2D eigenvalue weighted by Crippen LogP contribution is 2.52. The van der Waals surface area contributed by atoms with Gasteiger partial charge in [-0.2, -0.15) is 0 Å². The van der Waals surface area contributed by atoms with Crippen molar-refractivity contribution in [1.82, 2.24) is 4.98 Å². The molecule has 1 aliphatic rings. The van der Waals surface area contributed by atoms with Crippen LogP contribution in [0.1, 0.15) is 41.5 Å². The number of hydrogen-bond acceptors (Lipinski definition) is 2. The van der Waals surface area contributed by atoms with Gasteiger partial charge >= 0.3 is 0 Å². The van der Waals surface area contributed by atoms with Crippen molar-refractivity contribution in [3.63, 3.8) is 0 Å². The molecule has 0 saturated heterocycles. The minimum absolute atomic E-state index is 0.170. The van der Waals surface area contributed by atoms with Crippen LogP contribution in [0.2, 0.25) is 0 Å². The van der Waals surface area contributed by atoms with Crippen molar-refractivity contribution in [3.05, 3.63) is 70.7 Å². The van der Waals surface area contributed by atoms with Crippen LogP contribution in [0.5, 0.6) is 0 Å². The molecule has 0 aliphatic heterocycles. The maximum absolute atomic E-state index is 14.3. The van der Waals surface area contributed by atoms with Crippen LogP contribution < -0.4 is 0 Å². The zero-order valence-corrected chi connectivity index (χ0v) is 16.6. The van der Waals surface area contributed by atoms with E-state index in [0.29, 0.717) is 17.4 Å². The van der Waals surface area contributed by atoms with Gasteiger partial charge in [-0.25, -0.2) is 12.8 Å². The lowest BCUT2D eigenvalue weighted by atomic mass is 9.85. The average Bonchev–Trinajstić information content (AvgIpc) is 3.12. The van der Waals surface area contributed by atoms with Crippen molar-refractivity contribution in [2.75, 3.05) is 6.26 Å². The van der Waals surface area contributed by atoms with Crippen molar-refractivity contribution in [1.29, 1.82) is 0 Å². The lowest BCUT2D eigenvalue weighted by molar-refractivity contribution is 0.600. The summed E-state index contributed by atoms with van der Waals surface area (Å²) in [6.45, 7) is 4.31. The number of aryl methyl sites for hydroxylation is 1. The molecule has 1 N–H and O–H groups in total. The second-order valence-corrected chi connectivity index (χ2v) is 10.2. The van der Waals surface area contributed by atoms with Gasteiger partial charge in [0.2, 0.25) is 0 Å². The van der Waals surface area contributed by atoms with Gasteiger partial charge in [0, 0.05) is 23.8 Å². The molecule has 1 aromatic heterocycles. The lowest BCUT2D eigenvalue weighted by Crippen LogP contribution is -2.05. The number of aromatic nitrogens is 1. The van der Waals surface area contributed by atoms with Gasteiger partial charge in [-0.3, -0.25) is 0 Å². The maximum Gasteiger partial charge on any atom is 0.151 e. The fourth-order valence-corrected chi connectivity index (χ4v) is 4.98. The van der Waals surface area contributed by atoms with Gasteiger partial charge in [-0.15, -0.1) is 0 Å². The van der Waals surface area contributed by atoms with Gasteiger partial charge < -0.3 is 4.98 Å². The third-order valence-electron chi connectivity index (χ3n) is 5.66. The third kappa shape index (κ3) is 3.65. The SMILES string of the molecule is Cc1ccc(C(c2c[nH]c3c(CS(C)(=O)=O)cc(F)cc23)C2CC2C)cc1. The molecule has 0 amide bonds. The lowest BCUT2D eigenvalue weighted by Gasteiger charge is -2.18. The molecular weight excluding hydrogens is 361 g/mol. The third-order valence-corrected chi connectivity index (χ3v) is 6.49. The van der Waals surface area contributed by atoms with Gasteiger partial charge in [0.1, 0.15) is 5.82 Å². The van der Waals surface area contributed by atoms with Crippen molar-refractivity contribution < 1.29 is 12.8 Å². The fourth-order valence-electron chi connectivity index (χ4n) is 4.19. The summed E-state index contributed by atoms with van der Waals surface area (Å²) in [5.74, 6) is 0.769. The number of fused-ring (bicyclic) bond motifs is 1. The number of halogens is 1. The molecule has 27 heavy (non-hydrogen) atoms. The Morgan fingerprint density at radius 3 is 2.48 bits per heavy atom. The number of rotatable bonds is 5. The van der Waals surface area contributed by atoms with Crippen LogP contribution in [0.15, 0.2) is 42.6 Å². The van der Waals surface area contributed by atoms with Gasteiger partial charge in [0.15, 0.2) is 9.84 Å². The molecule has 142 valence electrons. The monoisotopic (exact) mass is 385 g/mol. The van der Waals surface area contributed by atoms with Gasteiger partial charge in [-0.05, 0) is 54.0 Å². The summed E-state index contributed by atoms with van der Waals surface area (Å²) in [6.07, 6.45) is 4.26. The molecule has 1 fully saturated rings. The summed E-state index contributed by atoms with van der Waals surface area (Å²) < 4.78 is 37.9. The minimum atomic E-state index is -3.25. The molecule has 1 aliphatic carbocycles. The Morgan fingerprint density at radius 2 is 1.89 bits per heavy atom. The molecule has 0 bridgehead atoms. The Morgan fingerprint density at radius 1 is 1.22 bits per heavy atom. The zero-order valence-electron chi connectivity index (χ0n) is 15.8. The largest absolute Gasteiger partial charge is 0.361 e. The molecule has 3 unspecified atom stereocenters. The zero-order chi connectivity index (χ0) is 19.3. The Labute approximate surface area is 159 Å². The van der Waals surface area contributed by atoms with E-state index >= 15 is 0 Å². The molecule has 1 saturated carbocycles. The van der Waals surface area contributed by atoms with Gasteiger partial charge in [0.25, 0.3) is 0 Å². The van der Waals surface area contributed by atoms with Crippen LogP contribution in [0.4, 0.5) is 4.39 Å². The van der Waals surface area contributed by atoms with Crippen molar-refractivity contribution in [3.8, 4) is 0 Å². The summed E-state index contributed by atoms with van der Waals surface area (Å²) in [6, 6.07) is 11.4. The maximum atomic E-state index is 14.3. The summed E-state index contributed by atoms with van der Waals surface area (Å²) in [5, 5.41) is 0.790. The first-order chi connectivity index (χ1) is 12.7. The quantitative estimate of drug-likeness (QED) is 0.676. The first-order valence-corrected chi connectivity index (χ1v) is 11.3. The predicted molar refractivity (Wildman–Crippen MR) is 107 cm³/mol. The molecule has 0 radical (unpaired) electrons. The molecular formula is C22H24FNO2S. The first-order valence-electron chi connectivity index (χ1n) is 9.26. The number of benzene rings is 2. The fraction of sp³-hybridized carbons (Fsp3) is 0.364. The number of aromatic amines is 1. The van der Waals surface area contributed by atoms with E-state index in [0.717, 1.165) is 22.9 Å². The molecule has 3 atom stereocenters. The predicted octanol–water partition coefficient (Wildman–Crippen LogP) is 4.95. The highest BCUT2D eigenvalue weighted by Gasteiger charge is 2.41. The van der Waals surface area contributed by atoms with Crippen molar-refractivity contribution in [2.24, 2.45) is 11.8 Å². The minimum Gasteiger partial charge on any atom is -0.361 e. The molecule has 3 nitrogen and oxygen atoms in total. The normalized spacial score (nSPS) is 20.7. The second-order valence-electron chi connectivity index (χ2n) is 8.07. The van der Waals surface area contributed by atoms with Crippen molar-refractivity contribution >= 4 is 20.7 Å². The van der Waals surface area contributed by atoms with Crippen LogP contribution in [0, 0.1) is 24.6 Å². The highest BCUT2D eigenvalue weighted by molar-refractivity contribution is 7.89. The Balaban J connectivity index is 1.87. The molecule has 0 spiro atoms. The van der Waals surface area contributed by atoms with Gasteiger partial charge in [0.05, 0.1) is 11.3 Å². The number of hydrogen-bond donors (Lipinski definition) is 1. The molecule has 4 rings (SSSR count). The number of sulfone groups is 1. The van der Waals surface area contributed by atoms with E-state index in [1.54, 1.807) is 0 Å². The van der Waals surface area contributed by atoms with Gasteiger partial charge in [-0.1, -0.05) is 36.8 Å². The van der Waals surface area contributed by atoms with Crippen LogP contribution in [0.25, 0.3) is 10.9 Å². The molecule has 1 heterocycles. The summed E-state index contributed by atoms with van der Waals surface area (Å²) >= 11 is 0. The topological polar surface area (TPSA) is 49.9 Å². The van der Waals surface area contributed by atoms with Crippen LogP contribution in [0.3, 0.4) is 0 Å². The summed E-state index contributed by atoms with van der Waals surface area (Å²) in [7, 11) is -3.25. The van der Waals surface area contributed by atoms with E-state index in [4.69, 9.17) is 0 Å². The van der Waals surface area contributed by atoms with E-state index in [-0.39, 0.29) is 11.7 Å². The number of nitrogens with one attached hydrogen (secondary N) is 1. The van der Waals surface area contributed by atoms with E-state index in [9.17, 15) is 12.8 Å². The average molecular weight is 386 g/mol. The van der Waals surface area contributed by atoms with E-state index in [1.165, 1.54) is 29.5 Å². The molecule has 2 aromatic carbocycles. The van der Waals surface area contributed by atoms with Crippen LogP contribution in [-0.2, 0) is 15.6 Å². The van der Waals surface area contributed by atoms with E-state index < -0.39 is 15.7 Å². The number of H-pyrrole nitrogens is 1. The molecule has 3 aromatic rings. The van der Waals surface area contributed by atoms with Crippen LogP contribution in [-0.4, -0.2) is 19.7 Å². The smallest absolute Gasteiger partial charge is 0.151 e.